The van der Waals surface area contributed by atoms with Crippen molar-refractivity contribution in [3.05, 3.63) is 47.7 Å². The molecule has 10 nitrogen and oxygen atoms in total. The highest BCUT2D eigenvalue weighted by Crippen LogP contribution is 2.56. The molecule has 12 heteroatoms. The number of phenolic OH excluding ortho intramolecular Hbond substituents is 1. The quantitative estimate of drug-likeness (QED) is 0.217. The molecule has 2 saturated carbocycles. The molecule has 4 unspecified atom stereocenters. The van der Waals surface area contributed by atoms with E-state index in [1.54, 1.807) is 19.1 Å². The zero-order valence-corrected chi connectivity index (χ0v) is 30.7. The normalized spacial score (nSPS) is 30.5. The number of aromatic hydroxyl groups is 1. The Morgan fingerprint density at radius 2 is 1.83 bits per heavy atom. The summed E-state index contributed by atoms with van der Waals surface area (Å²) in [5.74, 6) is -0.805. The van der Waals surface area contributed by atoms with E-state index < -0.39 is 17.2 Å². The van der Waals surface area contributed by atoms with Gasteiger partial charge in [0.05, 0.1) is 38.4 Å². The van der Waals surface area contributed by atoms with Crippen LogP contribution in [-0.2, 0) is 15.9 Å². The largest absolute Gasteiger partial charge is 0.508 e. The number of likely N-dealkylation sites (tertiary alicyclic amines) is 1. The average Bonchev–Trinajstić information content (AvgIpc) is 3.78. The number of piperidine rings is 1. The van der Waals surface area contributed by atoms with Crippen LogP contribution < -0.4 is 9.64 Å². The van der Waals surface area contributed by atoms with Crippen LogP contribution in [-0.4, -0.2) is 100 Å². The molecule has 2 aliphatic carbocycles. The first-order valence-corrected chi connectivity index (χ1v) is 19.4. The lowest BCUT2D eigenvalue weighted by Crippen LogP contribution is -2.63. The molecule has 0 radical (unpaired) electrons. The number of β-amino-alcohol motifs (C(OH)–C–C–N with tert-alkyl or cyclic N) is 1. The van der Waals surface area contributed by atoms with Crippen molar-refractivity contribution < 1.29 is 33.2 Å². The number of phenols is 1. The van der Waals surface area contributed by atoms with Crippen LogP contribution in [0.5, 0.6) is 11.8 Å². The fourth-order valence-electron chi connectivity index (χ4n) is 10.5. The fourth-order valence-corrected chi connectivity index (χ4v) is 10.5. The van der Waals surface area contributed by atoms with Crippen molar-refractivity contribution in [3.63, 3.8) is 0 Å². The summed E-state index contributed by atoms with van der Waals surface area (Å²) in [5, 5.41) is 23.3. The maximum atomic E-state index is 17.2. The van der Waals surface area contributed by atoms with Gasteiger partial charge in [-0.2, -0.15) is 9.97 Å². The molecule has 5 fully saturated rings. The molecule has 0 bridgehead atoms. The van der Waals surface area contributed by atoms with E-state index in [4.69, 9.17) is 24.2 Å². The number of aryl methyl sites for hydroxylation is 1. The number of hydrogen-bond acceptors (Lipinski definition) is 10. The SMILES string of the molecule is CCc1c(F)ccc2cc(O)cc(-c3ncc4c(N5CCOC[C@@](C)(O)C5)nc(OCC56CCCC5N(C5CCC57CCOC7)CCC6)nc4c3F)c12. The molecule has 2 aromatic heterocycles. The molecule has 9 rings (SSSR count). The van der Waals surface area contributed by atoms with Crippen molar-refractivity contribution in [2.24, 2.45) is 10.8 Å². The number of benzene rings is 2. The summed E-state index contributed by atoms with van der Waals surface area (Å²) >= 11 is 0. The van der Waals surface area contributed by atoms with E-state index in [0.717, 1.165) is 58.3 Å². The zero-order valence-electron chi connectivity index (χ0n) is 30.7. The van der Waals surface area contributed by atoms with Gasteiger partial charge in [0.1, 0.15) is 34.2 Å². The lowest BCUT2D eigenvalue weighted by molar-refractivity contribution is -0.101. The van der Waals surface area contributed by atoms with Crippen molar-refractivity contribution >= 4 is 27.5 Å². The molecule has 5 heterocycles. The molecule has 3 saturated heterocycles. The molecule has 53 heavy (non-hydrogen) atoms. The zero-order chi connectivity index (χ0) is 36.5. The lowest BCUT2D eigenvalue weighted by atomic mass is 9.61. The van der Waals surface area contributed by atoms with Gasteiger partial charge in [0.15, 0.2) is 5.82 Å². The number of fused-ring (bicyclic) bond motifs is 3. The van der Waals surface area contributed by atoms with Crippen molar-refractivity contribution in [2.45, 2.75) is 89.3 Å². The third-order valence-electron chi connectivity index (χ3n) is 13.2. The standard InChI is InChI=1S/C41H49F2N5O5/c1-3-27-30(42)8-7-25-18-26(49)19-28(33(25)27)35-34(43)36-29(20-44-35)37(47-15-17-52-22-39(2,50)21-47)46-38(45-36)53-24-40-10-4-6-31(40)48(14-5-11-40)32-9-12-41(32)13-16-51-23-41/h7-8,18-20,31-32,49-50H,3-6,9-17,21-24H2,1-2H3/t31?,32?,39-,40?,41?/m0/s1. The second-order valence-electron chi connectivity index (χ2n) is 16.6. The molecule has 5 aliphatic rings. The highest BCUT2D eigenvalue weighted by atomic mass is 19.1. The summed E-state index contributed by atoms with van der Waals surface area (Å²) in [4.78, 5) is 18.9. The molecule has 0 amide bonds. The molecule has 2 N–H and O–H groups in total. The van der Waals surface area contributed by atoms with Gasteiger partial charge in [-0.1, -0.05) is 19.4 Å². The Hall–Kier alpha value is -3.71. The minimum absolute atomic E-state index is 0.00846. The molecule has 1 spiro atoms. The number of hydrogen-bond donors (Lipinski definition) is 2. The Bertz CT molecular complexity index is 2060. The minimum Gasteiger partial charge on any atom is -0.508 e. The topological polar surface area (TPSA) is 113 Å². The number of ether oxygens (including phenoxy) is 3. The number of anilines is 1. The Morgan fingerprint density at radius 1 is 0.981 bits per heavy atom. The first-order valence-electron chi connectivity index (χ1n) is 19.4. The van der Waals surface area contributed by atoms with E-state index in [2.05, 4.69) is 9.88 Å². The number of pyridine rings is 1. The molecule has 282 valence electrons. The van der Waals surface area contributed by atoms with Gasteiger partial charge >= 0.3 is 6.01 Å². The highest BCUT2D eigenvalue weighted by molar-refractivity contribution is 6.01. The van der Waals surface area contributed by atoms with Gasteiger partial charge in [0.25, 0.3) is 0 Å². The molecular formula is C41H49F2N5O5. The summed E-state index contributed by atoms with van der Waals surface area (Å²) in [6.07, 6.45) is 11.0. The van der Waals surface area contributed by atoms with Crippen LogP contribution in [0.3, 0.4) is 0 Å². The van der Waals surface area contributed by atoms with E-state index >= 15 is 8.78 Å². The molecule has 5 atom stereocenters. The van der Waals surface area contributed by atoms with E-state index in [1.165, 1.54) is 31.2 Å². The minimum atomic E-state index is -1.17. The summed E-state index contributed by atoms with van der Waals surface area (Å²) in [5.41, 5.74) is -0.297. The van der Waals surface area contributed by atoms with Crippen LogP contribution in [0.15, 0.2) is 30.5 Å². The Balaban J connectivity index is 1.12. The van der Waals surface area contributed by atoms with Crippen LogP contribution in [0.4, 0.5) is 14.6 Å². The number of aliphatic hydroxyl groups is 1. The van der Waals surface area contributed by atoms with Crippen LogP contribution in [0.25, 0.3) is 32.9 Å². The second kappa shape index (κ2) is 13.2. The average molecular weight is 730 g/mol. The van der Waals surface area contributed by atoms with E-state index in [0.29, 0.717) is 65.8 Å². The Labute approximate surface area is 308 Å². The smallest absolute Gasteiger partial charge is 0.319 e. The number of nitrogens with zero attached hydrogens (tertiary/aromatic N) is 5. The Morgan fingerprint density at radius 3 is 2.62 bits per heavy atom. The summed E-state index contributed by atoms with van der Waals surface area (Å²) < 4.78 is 50.5. The van der Waals surface area contributed by atoms with Crippen LogP contribution in [0.1, 0.15) is 70.8 Å². The first kappa shape index (κ1) is 35.0. The maximum absolute atomic E-state index is 17.2. The Kier molecular flexibility index (Phi) is 8.75. The van der Waals surface area contributed by atoms with Gasteiger partial charge in [-0.05, 0) is 99.4 Å². The van der Waals surface area contributed by atoms with Crippen molar-refractivity contribution in [2.75, 3.05) is 57.6 Å². The predicted octanol–water partition coefficient (Wildman–Crippen LogP) is 6.56. The van der Waals surface area contributed by atoms with Crippen molar-refractivity contribution in [1.29, 1.82) is 0 Å². The van der Waals surface area contributed by atoms with Crippen LogP contribution >= 0.6 is 0 Å². The predicted molar refractivity (Wildman–Crippen MR) is 197 cm³/mol. The van der Waals surface area contributed by atoms with Gasteiger partial charge in [0.2, 0.25) is 0 Å². The molecular weight excluding hydrogens is 680 g/mol. The summed E-state index contributed by atoms with van der Waals surface area (Å²) in [6, 6.07) is 6.94. The van der Waals surface area contributed by atoms with Gasteiger partial charge < -0.3 is 29.3 Å². The third-order valence-corrected chi connectivity index (χ3v) is 13.2. The van der Waals surface area contributed by atoms with Crippen molar-refractivity contribution in [3.8, 4) is 23.0 Å². The first-order chi connectivity index (χ1) is 25.6. The fraction of sp³-hybridized carbons (Fsp3) is 0.585. The van der Waals surface area contributed by atoms with E-state index in [-0.39, 0.29) is 52.5 Å². The van der Waals surface area contributed by atoms with Gasteiger partial charge in [-0.3, -0.25) is 9.88 Å². The summed E-state index contributed by atoms with van der Waals surface area (Å²) in [7, 11) is 0. The van der Waals surface area contributed by atoms with Gasteiger partial charge in [-0.25, -0.2) is 8.78 Å². The summed E-state index contributed by atoms with van der Waals surface area (Å²) in [6.45, 7) is 7.91. The van der Waals surface area contributed by atoms with Gasteiger partial charge in [-0.15, -0.1) is 0 Å². The van der Waals surface area contributed by atoms with Gasteiger partial charge in [0, 0.05) is 47.8 Å². The van der Waals surface area contributed by atoms with E-state index in [1.807, 2.05) is 11.8 Å². The molecule has 3 aliphatic heterocycles. The monoisotopic (exact) mass is 729 g/mol. The van der Waals surface area contributed by atoms with Crippen LogP contribution in [0.2, 0.25) is 0 Å². The van der Waals surface area contributed by atoms with E-state index in [9.17, 15) is 10.2 Å². The third kappa shape index (κ3) is 5.91. The number of halogens is 2. The molecule has 4 aromatic rings. The van der Waals surface area contributed by atoms with Crippen LogP contribution in [0, 0.1) is 22.5 Å². The number of aromatic nitrogens is 3. The lowest BCUT2D eigenvalue weighted by Gasteiger charge is -2.58. The molecule has 2 aromatic carbocycles. The number of rotatable bonds is 7. The maximum Gasteiger partial charge on any atom is 0.319 e. The second-order valence-corrected chi connectivity index (χ2v) is 16.6. The van der Waals surface area contributed by atoms with Crippen molar-refractivity contribution in [1.82, 2.24) is 19.9 Å². The highest BCUT2D eigenvalue weighted by Gasteiger charge is 2.57.